The Morgan fingerprint density at radius 3 is 2.73 bits per heavy atom. The molecule has 0 bridgehead atoms. The highest BCUT2D eigenvalue weighted by molar-refractivity contribution is 7.18. The normalized spacial score (nSPS) is 13.1. The molecule has 140 valence electrons. The summed E-state index contributed by atoms with van der Waals surface area (Å²) in [5, 5.41) is 14.9. The molecule has 2 amide bonds. The minimum atomic E-state index is -0.637. The van der Waals surface area contributed by atoms with Gasteiger partial charge in [0, 0.05) is 17.9 Å². The number of carbonyl (C=O) groups excluding carboxylic acids is 2. The van der Waals surface area contributed by atoms with Crippen molar-refractivity contribution in [1.82, 2.24) is 15.5 Å². The summed E-state index contributed by atoms with van der Waals surface area (Å²) < 4.78 is 0. The molecule has 0 unspecified atom stereocenters. The molecule has 1 aromatic heterocycles. The first-order chi connectivity index (χ1) is 12.4. The van der Waals surface area contributed by atoms with E-state index in [9.17, 15) is 9.59 Å². The largest absolute Gasteiger partial charge is 0.344 e. The SMILES string of the molecule is CC[C@@H](C)[C@@H](NC(=O)CCCl)C(=O)Nc1nnc(-c2cccc(C)c2)s1. The zero-order valence-corrected chi connectivity index (χ0v) is 16.7. The van der Waals surface area contributed by atoms with Gasteiger partial charge in [0.15, 0.2) is 0 Å². The molecule has 0 fully saturated rings. The number of aryl methyl sites for hydroxylation is 1. The van der Waals surface area contributed by atoms with Gasteiger partial charge in [0.05, 0.1) is 0 Å². The van der Waals surface area contributed by atoms with Crippen molar-refractivity contribution in [1.29, 1.82) is 0 Å². The Bertz CT molecular complexity index is 765. The first-order valence-electron chi connectivity index (χ1n) is 8.51. The maximum atomic E-state index is 12.6. The number of nitrogens with one attached hydrogen (secondary N) is 2. The van der Waals surface area contributed by atoms with Crippen LogP contribution in [0, 0.1) is 12.8 Å². The molecule has 0 spiro atoms. The summed E-state index contributed by atoms with van der Waals surface area (Å²) in [6.45, 7) is 5.90. The number of benzene rings is 1. The zero-order valence-electron chi connectivity index (χ0n) is 15.1. The van der Waals surface area contributed by atoms with Crippen LogP contribution in [0.4, 0.5) is 5.13 Å². The van der Waals surface area contributed by atoms with Gasteiger partial charge < -0.3 is 5.32 Å². The lowest BCUT2D eigenvalue weighted by Gasteiger charge is -2.22. The summed E-state index contributed by atoms with van der Waals surface area (Å²) >= 11 is 6.90. The van der Waals surface area contributed by atoms with Crippen molar-refractivity contribution >= 4 is 39.9 Å². The van der Waals surface area contributed by atoms with Crippen molar-refractivity contribution in [2.75, 3.05) is 11.2 Å². The fraction of sp³-hybridized carbons (Fsp3) is 0.444. The molecular formula is C18H23ClN4O2S. The lowest BCUT2D eigenvalue weighted by Crippen LogP contribution is -2.47. The van der Waals surface area contributed by atoms with Gasteiger partial charge in [-0.05, 0) is 18.9 Å². The molecule has 6 nitrogen and oxygen atoms in total. The molecule has 1 aromatic carbocycles. The van der Waals surface area contributed by atoms with Crippen LogP contribution in [0.3, 0.4) is 0 Å². The van der Waals surface area contributed by atoms with E-state index in [-0.39, 0.29) is 30.0 Å². The zero-order chi connectivity index (χ0) is 19.1. The van der Waals surface area contributed by atoms with Crippen LogP contribution < -0.4 is 10.6 Å². The molecule has 26 heavy (non-hydrogen) atoms. The third-order valence-corrected chi connectivity index (χ3v) is 5.13. The molecule has 0 saturated carbocycles. The van der Waals surface area contributed by atoms with Crippen LogP contribution in [0.1, 0.15) is 32.3 Å². The summed E-state index contributed by atoms with van der Waals surface area (Å²) in [6, 6.07) is 7.29. The fourth-order valence-corrected chi connectivity index (χ4v) is 3.30. The maximum Gasteiger partial charge on any atom is 0.249 e. The van der Waals surface area contributed by atoms with Gasteiger partial charge in [-0.1, -0.05) is 55.4 Å². The highest BCUT2D eigenvalue weighted by Gasteiger charge is 2.26. The predicted octanol–water partition coefficient (Wildman–Crippen LogP) is 3.61. The Morgan fingerprint density at radius 2 is 2.08 bits per heavy atom. The third-order valence-electron chi connectivity index (χ3n) is 4.05. The van der Waals surface area contributed by atoms with E-state index in [1.54, 1.807) is 0 Å². The number of anilines is 1. The Hall–Kier alpha value is -1.99. The van der Waals surface area contributed by atoms with Gasteiger partial charge in [-0.2, -0.15) is 0 Å². The van der Waals surface area contributed by atoms with Crippen molar-refractivity contribution in [3.8, 4) is 10.6 Å². The minimum Gasteiger partial charge on any atom is -0.344 e. The molecule has 1 heterocycles. The summed E-state index contributed by atoms with van der Waals surface area (Å²) in [5.74, 6) is -0.331. The third kappa shape index (κ3) is 5.51. The average molecular weight is 395 g/mol. The first-order valence-corrected chi connectivity index (χ1v) is 9.86. The lowest BCUT2D eigenvalue weighted by atomic mass is 9.98. The molecule has 2 N–H and O–H groups in total. The Labute approximate surface area is 162 Å². The smallest absolute Gasteiger partial charge is 0.249 e. The number of nitrogens with zero attached hydrogens (tertiary/aromatic N) is 2. The van der Waals surface area contributed by atoms with E-state index in [2.05, 4.69) is 20.8 Å². The predicted molar refractivity (Wildman–Crippen MR) is 105 cm³/mol. The lowest BCUT2D eigenvalue weighted by molar-refractivity contribution is -0.127. The van der Waals surface area contributed by atoms with E-state index in [4.69, 9.17) is 11.6 Å². The second-order valence-electron chi connectivity index (χ2n) is 6.14. The van der Waals surface area contributed by atoms with Crippen molar-refractivity contribution < 1.29 is 9.59 Å². The van der Waals surface area contributed by atoms with E-state index >= 15 is 0 Å². The quantitative estimate of drug-likeness (QED) is 0.670. The van der Waals surface area contributed by atoms with Gasteiger partial charge in [-0.15, -0.1) is 21.8 Å². The van der Waals surface area contributed by atoms with Gasteiger partial charge in [-0.3, -0.25) is 14.9 Å². The first kappa shape index (κ1) is 20.3. The number of hydrogen-bond donors (Lipinski definition) is 2. The molecule has 0 aliphatic carbocycles. The second-order valence-corrected chi connectivity index (χ2v) is 7.50. The summed E-state index contributed by atoms with van der Waals surface area (Å²) in [6.07, 6.45) is 0.933. The number of aromatic nitrogens is 2. The summed E-state index contributed by atoms with van der Waals surface area (Å²) in [4.78, 5) is 24.5. The molecule has 2 atom stereocenters. The molecule has 2 aromatic rings. The number of halogens is 1. The van der Waals surface area contributed by atoms with Gasteiger partial charge in [0.1, 0.15) is 11.0 Å². The van der Waals surface area contributed by atoms with Gasteiger partial charge in [0.2, 0.25) is 16.9 Å². The summed E-state index contributed by atoms with van der Waals surface area (Å²) in [7, 11) is 0. The average Bonchev–Trinajstić information content (AvgIpc) is 3.07. The number of amides is 2. The highest BCUT2D eigenvalue weighted by Crippen LogP contribution is 2.27. The second kappa shape index (κ2) is 9.64. The monoisotopic (exact) mass is 394 g/mol. The number of rotatable bonds is 8. The maximum absolute atomic E-state index is 12.6. The van der Waals surface area contributed by atoms with E-state index < -0.39 is 6.04 Å². The van der Waals surface area contributed by atoms with Gasteiger partial charge in [-0.25, -0.2) is 0 Å². The van der Waals surface area contributed by atoms with Crippen molar-refractivity contribution in [3.63, 3.8) is 0 Å². The van der Waals surface area contributed by atoms with Crippen LogP contribution in [0.15, 0.2) is 24.3 Å². The Morgan fingerprint density at radius 1 is 1.31 bits per heavy atom. The van der Waals surface area contributed by atoms with Gasteiger partial charge >= 0.3 is 0 Å². The van der Waals surface area contributed by atoms with Crippen molar-refractivity contribution in [2.45, 2.75) is 39.7 Å². The molecule has 0 aliphatic heterocycles. The summed E-state index contributed by atoms with van der Waals surface area (Å²) in [5.41, 5.74) is 2.08. The van der Waals surface area contributed by atoms with E-state index in [0.29, 0.717) is 5.13 Å². The molecule has 8 heteroatoms. The molecule has 0 aliphatic rings. The van der Waals surface area contributed by atoms with Crippen LogP contribution in [-0.2, 0) is 9.59 Å². The van der Waals surface area contributed by atoms with Crippen LogP contribution in [0.5, 0.6) is 0 Å². The van der Waals surface area contributed by atoms with Crippen LogP contribution in [0.25, 0.3) is 10.6 Å². The minimum absolute atomic E-state index is 0.0153. The molecule has 0 radical (unpaired) electrons. The van der Waals surface area contributed by atoms with E-state index in [0.717, 1.165) is 22.6 Å². The standard InChI is InChI=1S/C18H23ClN4O2S/c1-4-12(3)15(20-14(24)8-9-19)16(25)21-18-23-22-17(26-18)13-7-5-6-11(2)10-13/h5-7,10,12,15H,4,8-9H2,1-3H3,(H,20,24)(H,21,23,25)/t12-,15-/m1/s1. The fourth-order valence-electron chi connectivity index (χ4n) is 2.38. The Kier molecular flexibility index (Phi) is 7.53. The molecule has 0 saturated heterocycles. The number of alkyl halides is 1. The Balaban J connectivity index is 2.10. The molecular weight excluding hydrogens is 372 g/mol. The van der Waals surface area contributed by atoms with Crippen molar-refractivity contribution in [3.05, 3.63) is 29.8 Å². The number of carbonyl (C=O) groups is 2. The van der Waals surface area contributed by atoms with Crippen molar-refractivity contribution in [2.24, 2.45) is 5.92 Å². The van der Waals surface area contributed by atoms with Crippen LogP contribution >= 0.6 is 22.9 Å². The highest BCUT2D eigenvalue weighted by atomic mass is 35.5. The van der Waals surface area contributed by atoms with Gasteiger partial charge in [0.25, 0.3) is 0 Å². The van der Waals surface area contributed by atoms with E-state index in [1.165, 1.54) is 11.3 Å². The van der Waals surface area contributed by atoms with E-state index in [1.807, 2.05) is 45.0 Å². The topological polar surface area (TPSA) is 84.0 Å². The number of hydrogen-bond acceptors (Lipinski definition) is 5. The van der Waals surface area contributed by atoms with Crippen LogP contribution in [-0.4, -0.2) is 33.9 Å². The van der Waals surface area contributed by atoms with Crippen LogP contribution in [0.2, 0.25) is 0 Å². The molecule has 2 rings (SSSR count).